The normalized spacial score (nSPS) is 15.6. The summed E-state index contributed by atoms with van der Waals surface area (Å²) in [6.45, 7) is 3.60. The molecule has 1 aromatic rings. The van der Waals surface area contributed by atoms with Gasteiger partial charge >= 0.3 is 0 Å². The number of amides is 1. The van der Waals surface area contributed by atoms with Crippen molar-refractivity contribution in [2.24, 2.45) is 5.73 Å². The van der Waals surface area contributed by atoms with Crippen molar-refractivity contribution >= 4 is 11.6 Å². The molecule has 0 bridgehead atoms. The first-order chi connectivity index (χ1) is 8.72. The van der Waals surface area contributed by atoms with Crippen LogP contribution in [0.1, 0.15) is 30.4 Å². The van der Waals surface area contributed by atoms with Gasteiger partial charge in [-0.15, -0.1) is 6.58 Å². The van der Waals surface area contributed by atoms with Crippen LogP contribution in [-0.2, 0) is 17.6 Å². The van der Waals surface area contributed by atoms with Gasteiger partial charge in [-0.05, 0) is 49.3 Å². The van der Waals surface area contributed by atoms with E-state index in [1.54, 1.807) is 6.08 Å². The number of carbonyl (C=O) groups excluding carboxylic acids is 1. The number of benzene rings is 1. The first-order valence-corrected chi connectivity index (χ1v) is 6.50. The Hall–Kier alpha value is -1.61. The first kappa shape index (κ1) is 12.8. The lowest BCUT2D eigenvalue weighted by Gasteiger charge is -2.20. The molecule has 1 aliphatic rings. The molecule has 0 saturated heterocycles. The van der Waals surface area contributed by atoms with Crippen LogP contribution >= 0.6 is 0 Å². The maximum absolute atomic E-state index is 11.9. The molecule has 0 aliphatic heterocycles. The van der Waals surface area contributed by atoms with E-state index < -0.39 is 6.04 Å². The quantitative estimate of drug-likeness (QED) is 0.799. The van der Waals surface area contributed by atoms with Crippen molar-refractivity contribution in [2.45, 2.75) is 38.1 Å². The van der Waals surface area contributed by atoms with Crippen LogP contribution in [0, 0.1) is 0 Å². The fourth-order valence-electron chi connectivity index (χ4n) is 2.41. The molecule has 1 unspecified atom stereocenters. The van der Waals surface area contributed by atoms with Gasteiger partial charge in [0.25, 0.3) is 0 Å². The second-order valence-corrected chi connectivity index (χ2v) is 4.77. The average Bonchev–Trinajstić information content (AvgIpc) is 2.39. The highest BCUT2D eigenvalue weighted by atomic mass is 16.2. The zero-order valence-electron chi connectivity index (χ0n) is 10.6. The molecule has 0 aromatic heterocycles. The van der Waals surface area contributed by atoms with Crippen LogP contribution in [0.15, 0.2) is 30.9 Å². The molecule has 96 valence electrons. The van der Waals surface area contributed by atoms with E-state index >= 15 is 0 Å². The largest absolute Gasteiger partial charge is 0.324 e. The highest BCUT2D eigenvalue weighted by Crippen LogP contribution is 2.27. The Balaban J connectivity index is 2.14. The van der Waals surface area contributed by atoms with Crippen LogP contribution in [0.5, 0.6) is 0 Å². The van der Waals surface area contributed by atoms with Crippen LogP contribution in [0.4, 0.5) is 5.69 Å². The van der Waals surface area contributed by atoms with Gasteiger partial charge in [0.1, 0.15) is 0 Å². The monoisotopic (exact) mass is 244 g/mol. The highest BCUT2D eigenvalue weighted by molar-refractivity contribution is 5.95. The number of aryl methyl sites for hydroxylation is 1. The van der Waals surface area contributed by atoms with Gasteiger partial charge in [0.2, 0.25) is 5.91 Å². The minimum atomic E-state index is -0.512. The Bertz CT molecular complexity index is 454. The van der Waals surface area contributed by atoms with Crippen LogP contribution in [0.2, 0.25) is 0 Å². The summed E-state index contributed by atoms with van der Waals surface area (Å²) in [5.74, 6) is -0.131. The van der Waals surface area contributed by atoms with Crippen molar-refractivity contribution in [2.75, 3.05) is 5.32 Å². The number of hydrogen-bond acceptors (Lipinski definition) is 2. The molecule has 0 saturated carbocycles. The Labute approximate surface area is 108 Å². The zero-order chi connectivity index (χ0) is 13.0. The van der Waals surface area contributed by atoms with Gasteiger partial charge in [-0.2, -0.15) is 0 Å². The van der Waals surface area contributed by atoms with E-state index in [0.717, 1.165) is 18.5 Å². The lowest BCUT2D eigenvalue weighted by Crippen LogP contribution is -2.35. The predicted molar refractivity (Wildman–Crippen MR) is 74.5 cm³/mol. The molecule has 3 heteroatoms. The number of nitrogens with two attached hydrogens (primary N) is 1. The van der Waals surface area contributed by atoms with Crippen LogP contribution in [0.3, 0.4) is 0 Å². The molecule has 2 rings (SSSR count). The van der Waals surface area contributed by atoms with Crippen LogP contribution in [0.25, 0.3) is 0 Å². The molecule has 1 aromatic carbocycles. The number of anilines is 1. The smallest absolute Gasteiger partial charge is 0.241 e. The van der Waals surface area contributed by atoms with Crippen molar-refractivity contribution in [3.05, 3.63) is 42.0 Å². The standard InChI is InChI=1S/C15H20N2O/c1-2-6-13(16)15(18)17-14-10-5-8-11-7-3-4-9-12(11)14/h2,5,8,10,13H,1,3-4,6-7,9,16H2,(H,17,18). The molecule has 3 N–H and O–H groups in total. The number of nitrogens with one attached hydrogen (secondary N) is 1. The minimum absolute atomic E-state index is 0.131. The summed E-state index contributed by atoms with van der Waals surface area (Å²) in [4.78, 5) is 11.9. The third kappa shape index (κ3) is 2.79. The molecule has 1 amide bonds. The summed E-state index contributed by atoms with van der Waals surface area (Å²) in [6.07, 6.45) is 6.75. The van der Waals surface area contributed by atoms with Gasteiger partial charge < -0.3 is 11.1 Å². The van der Waals surface area contributed by atoms with Crippen molar-refractivity contribution in [1.82, 2.24) is 0 Å². The maximum atomic E-state index is 11.9. The van der Waals surface area contributed by atoms with E-state index in [4.69, 9.17) is 5.73 Å². The molecule has 18 heavy (non-hydrogen) atoms. The average molecular weight is 244 g/mol. The molecule has 1 aliphatic carbocycles. The molecule has 0 radical (unpaired) electrons. The minimum Gasteiger partial charge on any atom is -0.324 e. The highest BCUT2D eigenvalue weighted by Gasteiger charge is 2.17. The van der Waals surface area contributed by atoms with Gasteiger partial charge in [0.15, 0.2) is 0 Å². The van der Waals surface area contributed by atoms with Crippen molar-refractivity contribution in [3.8, 4) is 0 Å². The van der Waals surface area contributed by atoms with Crippen LogP contribution in [-0.4, -0.2) is 11.9 Å². The molecule has 1 atom stereocenters. The molecule has 3 nitrogen and oxygen atoms in total. The van der Waals surface area contributed by atoms with Crippen molar-refractivity contribution < 1.29 is 4.79 Å². The Kier molecular flexibility index (Phi) is 4.15. The van der Waals surface area contributed by atoms with Crippen molar-refractivity contribution in [3.63, 3.8) is 0 Å². The molecular formula is C15H20N2O. The van der Waals surface area contributed by atoms with Gasteiger partial charge in [-0.3, -0.25) is 4.79 Å². The Morgan fingerprint density at radius 1 is 1.44 bits per heavy atom. The van der Waals surface area contributed by atoms with E-state index in [2.05, 4.69) is 18.0 Å². The number of rotatable bonds is 4. The van der Waals surface area contributed by atoms with Gasteiger partial charge in [-0.25, -0.2) is 0 Å². The number of fused-ring (bicyclic) bond motifs is 1. The van der Waals surface area contributed by atoms with E-state index in [0.29, 0.717) is 6.42 Å². The van der Waals surface area contributed by atoms with Crippen LogP contribution < -0.4 is 11.1 Å². The van der Waals surface area contributed by atoms with E-state index in [1.807, 2.05) is 12.1 Å². The summed E-state index contributed by atoms with van der Waals surface area (Å²) < 4.78 is 0. The fourth-order valence-corrected chi connectivity index (χ4v) is 2.41. The predicted octanol–water partition coefficient (Wildman–Crippen LogP) is 2.41. The summed E-state index contributed by atoms with van der Waals surface area (Å²) in [6, 6.07) is 5.59. The van der Waals surface area contributed by atoms with Gasteiger partial charge in [-0.1, -0.05) is 18.2 Å². The Morgan fingerprint density at radius 3 is 3.00 bits per heavy atom. The second kappa shape index (κ2) is 5.83. The van der Waals surface area contributed by atoms with E-state index in [1.165, 1.54) is 24.0 Å². The zero-order valence-corrected chi connectivity index (χ0v) is 10.6. The summed E-state index contributed by atoms with van der Waals surface area (Å²) >= 11 is 0. The molecule has 0 fully saturated rings. The number of carbonyl (C=O) groups is 1. The van der Waals surface area contributed by atoms with Gasteiger partial charge in [0.05, 0.1) is 6.04 Å². The lowest BCUT2D eigenvalue weighted by atomic mass is 9.90. The van der Waals surface area contributed by atoms with Gasteiger partial charge in [0, 0.05) is 5.69 Å². The lowest BCUT2D eigenvalue weighted by molar-refractivity contribution is -0.117. The topological polar surface area (TPSA) is 55.1 Å². The van der Waals surface area contributed by atoms with E-state index in [9.17, 15) is 4.79 Å². The maximum Gasteiger partial charge on any atom is 0.241 e. The second-order valence-electron chi connectivity index (χ2n) is 4.77. The van der Waals surface area contributed by atoms with E-state index in [-0.39, 0.29) is 5.91 Å². The SMILES string of the molecule is C=CCC(N)C(=O)Nc1cccc2c1CCCC2. The fraction of sp³-hybridized carbons (Fsp3) is 0.400. The molecule has 0 spiro atoms. The third-order valence-corrected chi connectivity index (χ3v) is 3.41. The molecular weight excluding hydrogens is 224 g/mol. The summed E-state index contributed by atoms with van der Waals surface area (Å²) in [7, 11) is 0. The Morgan fingerprint density at radius 2 is 2.22 bits per heavy atom. The third-order valence-electron chi connectivity index (χ3n) is 3.41. The van der Waals surface area contributed by atoms with Crippen molar-refractivity contribution in [1.29, 1.82) is 0 Å². The summed E-state index contributed by atoms with van der Waals surface area (Å²) in [5.41, 5.74) is 9.33. The first-order valence-electron chi connectivity index (χ1n) is 6.50. The molecule has 0 heterocycles. The summed E-state index contributed by atoms with van der Waals surface area (Å²) in [5, 5.41) is 2.94. The number of hydrogen-bond donors (Lipinski definition) is 2.